The molecule has 0 radical (unpaired) electrons. The lowest BCUT2D eigenvalue weighted by molar-refractivity contribution is -0.655. The van der Waals surface area contributed by atoms with Crippen LogP contribution in [-0.2, 0) is 46.7 Å². The van der Waals surface area contributed by atoms with Crippen LogP contribution in [0.25, 0.3) is 173 Å². The van der Waals surface area contributed by atoms with E-state index in [9.17, 15) is 0 Å². The minimum absolute atomic E-state index is 0.489. The van der Waals surface area contributed by atoms with Gasteiger partial charge in [0.2, 0.25) is 5.58 Å². The Balaban J connectivity index is 0.0000000830. The molecule has 103 heavy (non-hydrogen) atoms. The van der Waals surface area contributed by atoms with Crippen molar-refractivity contribution in [2.24, 2.45) is 14.0 Å². The molecule has 25 heterocycles. The number of thiophene rings is 1. The normalized spacial score (nSPS) is 13.5. The number of nitrogens with zero attached hydrogens (tertiary/aromatic N) is 18. The van der Waals surface area contributed by atoms with Gasteiger partial charge in [0.1, 0.15) is 30.8 Å². The molecular weight excluding hydrogens is 1320 g/mol. The van der Waals surface area contributed by atoms with Gasteiger partial charge in [0, 0.05) is 78.7 Å². The summed E-state index contributed by atoms with van der Waals surface area (Å²) in [5.41, 5.74) is 25.8. The van der Waals surface area contributed by atoms with Gasteiger partial charge in [-0.3, -0.25) is 4.98 Å². The Bertz CT molecular complexity index is 7100. The number of pyridine rings is 10. The Labute approximate surface area is 587 Å². The first-order valence-corrected chi connectivity index (χ1v) is 34.0. The first kappa shape index (κ1) is 54.1. The van der Waals surface area contributed by atoms with E-state index in [0.717, 1.165) is 177 Å². The monoisotopic (exact) mass is 1370 g/mol. The maximum atomic E-state index is 7.91. The SMILES string of the molecule is Cn1c2cccnc2c2oc3[n+](c21)Cc1cccnc1-3.[2H]C([2H])([2H])n1c2cccnc2c2oc3[n+](c21)Cc1cccnc1-3.c1ccc(-n2c3cccnc3c3oc4[n+](c32)Cc2cccnc2-4)cc1.c1cnc2c(c1)C[n+]1c-2oc2c3ncccc3oc21.c1cnc2c(c1)C[n+]1c-2oc2c3ncccc3sc21. The standard InChI is InChI=1S/C20H13N4O.2C15H11N4O.C14H8N3O2.C14H8N3OS/c1-2-7-14(8-3-1)24-15-9-5-11-22-17(15)18-19(24)23-12-13-6-4-10-21-16(13)20(23)25-18;2*1-18-10-5-3-7-17-12(10)13-14(18)19-8-9-4-2-6-16-11(9)15(19)20-13;1-3-8-7-17-13(10(8)15-5-1)19-12-11-9(18-14(12)17)4-2-6-16-11;1-3-8-7-17-13(10(8)15-5-1)18-12-11-9(19-14(12)17)4-2-6-16-11/h1-11H,12H2;2*2-7H,8H2,1H3;2*1-6H,7H2/q5*+1/i;1D3;;;. The van der Waals surface area contributed by atoms with Gasteiger partial charge in [-0.15, -0.1) is 9.13 Å². The van der Waals surface area contributed by atoms with Gasteiger partial charge in [-0.1, -0.05) is 47.7 Å². The summed E-state index contributed by atoms with van der Waals surface area (Å²) in [7, 11) is 2.05. The van der Waals surface area contributed by atoms with Gasteiger partial charge >= 0.3 is 56.9 Å². The highest BCUT2D eigenvalue weighted by molar-refractivity contribution is 7.24. The molecule has 0 saturated heterocycles. The van der Waals surface area contributed by atoms with E-state index in [1.54, 1.807) is 66.8 Å². The van der Waals surface area contributed by atoms with Crippen molar-refractivity contribution in [1.29, 1.82) is 0 Å². The molecule has 0 spiro atoms. The summed E-state index contributed by atoms with van der Waals surface area (Å²) in [6.45, 7) is 1.34. The molecule has 0 aliphatic carbocycles. The molecule has 25 heteroatoms. The highest BCUT2D eigenvalue weighted by Gasteiger charge is 2.42. The Kier molecular flexibility index (Phi) is 11.5. The van der Waals surface area contributed by atoms with Crippen LogP contribution >= 0.6 is 11.3 Å². The quantitative estimate of drug-likeness (QED) is 0.139. The average Bonchev–Trinajstić information content (AvgIpc) is 1.57. The molecule has 0 N–H and O–H groups in total. The number of hydrogen-bond donors (Lipinski definition) is 0. The number of rotatable bonds is 1. The molecule has 0 fully saturated rings. The van der Waals surface area contributed by atoms with Crippen molar-refractivity contribution in [2.45, 2.75) is 32.7 Å². The third kappa shape index (κ3) is 8.35. The minimum atomic E-state index is -2.32. The van der Waals surface area contributed by atoms with Crippen molar-refractivity contribution in [3.05, 3.63) is 241 Å². The minimum Gasteiger partial charge on any atom is -0.410 e. The van der Waals surface area contributed by atoms with Crippen molar-refractivity contribution in [3.63, 3.8) is 0 Å². The first-order chi connectivity index (χ1) is 52.1. The number of aryl methyl sites for hydroxylation is 2. The molecule has 24 nitrogen and oxygen atoms in total. The van der Waals surface area contributed by atoms with Crippen LogP contribution < -0.4 is 22.8 Å². The lowest BCUT2D eigenvalue weighted by Crippen LogP contribution is -2.32. The molecule has 490 valence electrons. The van der Waals surface area contributed by atoms with E-state index in [1.165, 1.54) is 21.3 Å². The summed E-state index contributed by atoms with van der Waals surface area (Å²) in [5, 5.41) is 0. The number of para-hydroxylation sites is 1. The zero-order valence-corrected chi connectivity index (χ0v) is 55.0. The average molecular weight is 1370 g/mol. The van der Waals surface area contributed by atoms with Crippen LogP contribution in [0.4, 0.5) is 0 Å². The summed E-state index contributed by atoms with van der Waals surface area (Å²) in [6, 6.07) is 49.6. The number of aromatic nitrogens is 18. The molecule has 0 amide bonds. The molecule has 0 saturated carbocycles. The van der Waals surface area contributed by atoms with E-state index in [1.807, 2.05) is 120 Å². The van der Waals surface area contributed by atoms with Crippen LogP contribution in [0.2, 0.25) is 0 Å². The van der Waals surface area contributed by atoms with E-state index >= 15 is 0 Å². The van der Waals surface area contributed by atoms with E-state index in [-0.39, 0.29) is 0 Å². The molecule has 5 aliphatic rings. The number of fused-ring (bicyclic) bond motifs is 35. The molecule has 0 unspecified atom stereocenters. The summed E-state index contributed by atoms with van der Waals surface area (Å²) >= 11 is 1.72. The second-order valence-corrected chi connectivity index (χ2v) is 26.4. The Morgan fingerprint density at radius 3 is 1.28 bits per heavy atom. The second-order valence-electron chi connectivity index (χ2n) is 25.3. The summed E-state index contributed by atoms with van der Waals surface area (Å²) in [5.74, 6) is 3.81. The number of oxazole rings is 5. The first-order valence-electron chi connectivity index (χ1n) is 34.7. The van der Waals surface area contributed by atoms with E-state index in [0.29, 0.717) is 40.3 Å². The third-order valence-corrected chi connectivity index (χ3v) is 20.7. The number of hydrogen-bond acceptors (Lipinski definition) is 17. The van der Waals surface area contributed by atoms with Gasteiger partial charge in [-0.25, -0.2) is 54.0 Å². The Morgan fingerprint density at radius 2 is 0.728 bits per heavy atom. The van der Waals surface area contributed by atoms with Crippen LogP contribution in [0.15, 0.2) is 240 Å². The zero-order valence-electron chi connectivity index (χ0n) is 57.2. The Morgan fingerprint density at radius 1 is 0.340 bits per heavy atom. The van der Waals surface area contributed by atoms with E-state index in [2.05, 4.69) is 127 Å². The fourth-order valence-corrected chi connectivity index (χ4v) is 16.2. The summed E-state index contributed by atoms with van der Waals surface area (Å²) in [6.07, 6.45) is 17.7. The van der Waals surface area contributed by atoms with Crippen LogP contribution in [0.3, 0.4) is 0 Å². The third-order valence-electron chi connectivity index (χ3n) is 19.6. The molecular formula is C78H51N18O6S+5. The molecule has 0 bridgehead atoms. The van der Waals surface area contributed by atoms with Crippen LogP contribution in [-0.4, -0.2) is 63.5 Å². The van der Waals surface area contributed by atoms with Crippen molar-refractivity contribution in [2.75, 3.05) is 0 Å². The van der Waals surface area contributed by atoms with Gasteiger partial charge in [0.25, 0.3) is 22.3 Å². The zero-order chi connectivity index (χ0) is 70.2. The predicted octanol–water partition coefficient (Wildman–Crippen LogP) is 12.6. The van der Waals surface area contributed by atoms with Crippen LogP contribution in [0.1, 0.15) is 31.9 Å². The van der Waals surface area contributed by atoms with Crippen molar-refractivity contribution >= 4 is 121 Å². The van der Waals surface area contributed by atoms with E-state index in [4.69, 9.17) is 30.6 Å². The number of furan rings is 1. The molecule has 26 rings (SSSR count). The van der Waals surface area contributed by atoms with Gasteiger partial charge in [-0.2, -0.15) is 18.3 Å². The van der Waals surface area contributed by atoms with Crippen molar-refractivity contribution in [3.8, 4) is 63.6 Å². The maximum absolute atomic E-state index is 7.91. The lowest BCUT2D eigenvalue weighted by Gasteiger charge is -1.99. The molecule has 20 aromatic heterocycles. The summed E-state index contributed by atoms with van der Waals surface area (Å²) in [4.78, 5) is 45.3. The van der Waals surface area contributed by atoms with Crippen molar-refractivity contribution in [1.82, 2.24) is 63.5 Å². The van der Waals surface area contributed by atoms with Gasteiger partial charge in [-0.05, 0) is 115 Å². The number of benzene rings is 1. The van der Waals surface area contributed by atoms with Gasteiger partial charge < -0.3 is 26.5 Å². The smallest absolute Gasteiger partial charge is 0.410 e. The fraction of sp³-hybridized carbons (Fsp3) is 0.0897. The van der Waals surface area contributed by atoms with Gasteiger partial charge in [0.15, 0.2) is 85.8 Å². The molecule has 1 aromatic carbocycles. The molecule has 0 atom stereocenters. The second kappa shape index (κ2) is 21.8. The van der Waals surface area contributed by atoms with Crippen LogP contribution in [0.5, 0.6) is 0 Å². The highest BCUT2D eigenvalue weighted by Crippen LogP contribution is 2.41. The molecule has 21 aromatic rings. The fourth-order valence-electron chi connectivity index (χ4n) is 15.1. The van der Waals surface area contributed by atoms with Crippen molar-refractivity contribution < 1.29 is 53.5 Å². The van der Waals surface area contributed by atoms with Crippen LogP contribution in [0, 0.1) is 0 Å². The highest BCUT2D eigenvalue weighted by atomic mass is 32.1. The predicted molar refractivity (Wildman–Crippen MR) is 378 cm³/mol. The topological polar surface area (TPSA) is 242 Å². The molecule has 5 aliphatic heterocycles. The largest absolute Gasteiger partial charge is 0.423 e. The maximum Gasteiger partial charge on any atom is 0.423 e. The van der Waals surface area contributed by atoms with E-state index < -0.39 is 6.98 Å². The van der Waals surface area contributed by atoms with Gasteiger partial charge in [0.05, 0.1) is 34.0 Å². The Hall–Kier alpha value is -13.8. The lowest BCUT2D eigenvalue weighted by atomic mass is 10.2. The summed E-state index contributed by atoms with van der Waals surface area (Å²) < 4.78 is 77.2.